The summed E-state index contributed by atoms with van der Waals surface area (Å²) in [5.74, 6) is 2.42. The van der Waals surface area contributed by atoms with E-state index in [2.05, 4.69) is 53.0 Å². The quantitative estimate of drug-likeness (QED) is 0.515. The predicted molar refractivity (Wildman–Crippen MR) is 129 cm³/mol. The molecule has 0 atom stereocenters. The first-order valence-electron chi connectivity index (χ1n) is 12.0. The molecule has 1 aliphatic heterocycles. The number of anilines is 2. The minimum absolute atomic E-state index is 0.465. The molecule has 1 saturated carbocycles. The fourth-order valence-electron chi connectivity index (χ4n) is 4.37. The number of rotatable bonds is 8. The normalized spacial score (nSPS) is 21.4. The van der Waals surface area contributed by atoms with Gasteiger partial charge in [0.15, 0.2) is 0 Å². The van der Waals surface area contributed by atoms with Crippen molar-refractivity contribution in [3.63, 3.8) is 0 Å². The first-order valence-corrected chi connectivity index (χ1v) is 12.0. The largest absolute Gasteiger partial charge is 0.367 e. The SMILES string of the molecule is CCCCNc1ncc(-c2ccc(C3=CCNCC3)cn2)c(NC2CCC(C)CC2)n1. The molecule has 6 heteroatoms. The molecule has 0 unspecified atom stereocenters. The molecule has 2 aromatic rings. The minimum Gasteiger partial charge on any atom is -0.367 e. The van der Waals surface area contributed by atoms with E-state index in [4.69, 9.17) is 9.97 Å². The maximum Gasteiger partial charge on any atom is 0.224 e. The first-order chi connectivity index (χ1) is 15.2. The number of hydrogen-bond acceptors (Lipinski definition) is 6. The number of nitrogens with zero attached hydrogens (tertiary/aromatic N) is 3. The van der Waals surface area contributed by atoms with Crippen molar-refractivity contribution >= 4 is 17.3 Å². The van der Waals surface area contributed by atoms with Crippen LogP contribution in [0.15, 0.2) is 30.6 Å². The van der Waals surface area contributed by atoms with Gasteiger partial charge in [0, 0.05) is 31.5 Å². The van der Waals surface area contributed by atoms with Gasteiger partial charge in [0.05, 0.1) is 11.3 Å². The van der Waals surface area contributed by atoms with Crippen LogP contribution in [0.5, 0.6) is 0 Å². The van der Waals surface area contributed by atoms with Crippen molar-refractivity contribution in [3.8, 4) is 11.3 Å². The highest BCUT2D eigenvalue weighted by Crippen LogP contribution is 2.31. The van der Waals surface area contributed by atoms with E-state index in [1.165, 1.54) is 36.8 Å². The van der Waals surface area contributed by atoms with Gasteiger partial charge in [-0.25, -0.2) is 4.98 Å². The van der Waals surface area contributed by atoms with Crippen molar-refractivity contribution in [2.45, 2.75) is 64.8 Å². The van der Waals surface area contributed by atoms with E-state index in [0.717, 1.165) is 61.9 Å². The van der Waals surface area contributed by atoms with Crippen molar-refractivity contribution in [3.05, 3.63) is 36.2 Å². The standard InChI is InChI=1S/C25H36N6/c1-3-4-13-27-25-29-17-22(24(31-25)30-21-8-5-18(2)6-9-21)23-10-7-20(16-28-23)19-11-14-26-15-12-19/h7,10-11,16-18,21,26H,3-6,8-9,12-15H2,1-2H3,(H2,27,29,30,31). The van der Waals surface area contributed by atoms with Crippen LogP contribution in [0.2, 0.25) is 0 Å². The van der Waals surface area contributed by atoms with Crippen LogP contribution < -0.4 is 16.0 Å². The molecule has 3 heterocycles. The average Bonchev–Trinajstić information content (AvgIpc) is 2.82. The molecule has 0 spiro atoms. The van der Waals surface area contributed by atoms with Crippen molar-refractivity contribution in [1.82, 2.24) is 20.3 Å². The second-order valence-corrected chi connectivity index (χ2v) is 8.95. The highest BCUT2D eigenvalue weighted by atomic mass is 15.1. The summed E-state index contributed by atoms with van der Waals surface area (Å²) in [6.07, 6.45) is 14.4. The van der Waals surface area contributed by atoms with Gasteiger partial charge in [-0.2, -0.15) is 4.98 Å². The zero-order chi connectivity index (χ0) is 21.5. The van der Waals surface area contributed by atoms with Gasteiger partial charge in [-0.1, -0.05) is 32.4 Å². The second kappa shape index (κ2) is 10.7. The molecule has 6 nitrogen and oxygen atoms in total. The van der Waals surface area contributed by atoms with Crippen molar-refractivity contribution in [2.75, 3.05) is 30.3 Å². The summed E-state index contributed by atoms with van der Waals surface area (Å²) in [5.41, 5.74) is 4.48. The van der Waals surface area contributed by atoms with Crippen LogP contribution in [0.4, 0.5) is 11.8 Å². The number of pyridine rings is 1. The van der Waals surface area contributed by atoms with Crippen LogP contribution in [0.3, 0.4) is 0 Å². The Kier molecular flexibility index (Phi) is 7.52. The van der Waals surface area contributed by atoms with E-state index >= 15 is 0 Å². The molecule has 0 radical (unpaired) electrons. The number of hydrogen-bond donors (Lipinski definition) is 3. The third-order valence-corrected chi connectivity index (χ3v) is 6.43. The fourth-order valence-corrected chi connectivity index (χ4v) is 4.37. The average molecular weight is 421 g/mol. The van der Waals surface area contributed by atoms with Gasteiger partial charge < -0.3 is 16.0 Å². The van der Waals surface area contributed by atoms with E-state index in [9.17, 15) is 0 Å². The van der Waals surface area contributed by atoms with Gasteiger partial charge >= 0.3 is 0 Å². The van der Waals surface area contributed by atoms with Crippen LogP contribution in [-0.4, -0.2) is 40.6 Å². The van der Waals surface area contributed by atoms with Gasteiger partial charge in [0.2, 0.25) is 5.95 Å². The highest BCUT2D eigenvalue weighted by Gasteiger charge is 2.21. The van der Waals surface area contributed by atoms with Gasteiger partial charge in [0.1, 0.15) is 5.82 Å². The Morgan fingerprint density at radius 1 is 1.10 bits per heavy atom. The zero-order valence-electron chi connectivity index (χ0n) is 19.0. The number of unbranched alkanes of at least 4 members (excludes halogenated alkanes) is 1. The molecule has 3 N–H and O–H groups in total. The summed E-state index contributed by atoms with van der Waals surface area (Å²) in [7, 11) is 0. The van der Waals surface area contributed by atoms with E-state index < -0.39 is 0 Å². The molecule has 0 bridgehead atoms. The molecule has 1 fully saturated rings. The van der Waals surface area contributed by atoms with Crippen LogP contribution >= 0.6 is 0 Å². The van der Waals surface area contributed by atoms with E-state index in [0.29, 0.717) is 12.0 Å². The lowest BCUT2D eigenvalue weighted by molar-refractivity contribution is 0.361. The topological polar surface area (TPSA) is 74.8 Å². The summed E-state index contributed by atoms with van der Waals surface area (Å²) in [6, 6.07) is 4.75. The first kappa shape index (κ1) is 21.8. The van der Waals surface area contributed by atoms with Crippen molar-refractivity contribution in [1.29, 1.82) is 0 Å². The smallest absolute Gasteiger partial charge is 0.224 e. The molecular weight excluding hydrogens is 384 g/mol. The molecular formula is C25H36N6. The van der Waals surface area contributed by atoms with Crippen LogP contribution in [-0.2, 0) is 0 Å². The molecule has 1 aliphatic carbocycles. The van der Waals surface area contributed by atoms with Gasteiger partial charge in [-0.05, 0) is 68.2 Å². The Labute approximate surface area is 186 Å². The second-order valence-electron chi connectivity index (χ2n) is 8.95. The lowest BCUT2D eigenvalue weighted by Gasteiger charge is -2.28. The summed E-state index contributed by atoms with van der Waals surface area (Å²) >= 11 is 0. The fraction of sp³-hybridized carbons (Fsp3) is 0.560. The van der Waals surface area contributed by atoms with E-state index in [1.807, 2.05) is 12.4 Å². The molecule has 31 heavy (non-hydrogen) atoms. The van der Waals surface area contributed by atoms with E-state index in [1.54, 1.807) is 0 Å². The summed E-state index contributed by atoms with van der Waals surface area (Å²) < 4.78 is 0. The third kappa shape index (κ3) is 5.82. The molecule has 2 aromatic heterocycles. The Morgan fingerprint density at radius 3 is 2.68 bits per heavy atom. The van der Waals surface area contributed by atoms with Crippen LogP contribution in [0.1, 0.15) is 64.4 Å². The van der Waals surface area contributed by atoms with Gasteiger partial charge in [-0.3, -0.25) is 4.98 Å². The monoisotopic (exact) mass is 420 g/mol. The number of nitrogens with one attached hydrogen (secondary N) is 3. The molecule has 0 saturated heterocycles. The Bertz CT molecular complexity index is 868. The van der Waals surface area contributed by atoms with Crippen LogP contribution in [0, 0.1) is 5.92 Å². The Balaban J connectivity index is 1.56. The Morgan fingerprint density at radius 2 is 1.97 bits per heavy atom. The van der Waals surface area contributed by atoms with Crippen LogP contribution in [0.25, 0.3) is 16.8 Å². The maximum atomic E-state index is 4.85. The Hall–Kier alpha value is -2.47. The highest BCUT2D eigenvalue weighted by molar-refractivity contribution is 5.74. The van der Waals surface area contributed by atoms with Gasteiger partial charge in [-0.15, -0.1) is 0 Å². The lowest BCUT2D eigenvalue weighted by Crippen LogP contribution is -2.26. The summed E-state index contributed by atoms with van der Waals surface area (Å²) in [6.45, 7) is 7.41. The summed E-state index contributed by atoms with van der Waals surface area (Å²) in [5, 5.41) is 10.5. The molecule has 4 rings (SSSR count). The van der Waals surface area contributed by atoms with Gasteiger partial charge in [0.25, 0.3) is 0 Å². The molecule has 2 aliphatic rings. The maximum absolute atomic E-state index is 4.85. The lowest BCUT2D eigenvalue weighted by atomic mass is 9.87. The van der Waals surface area contributed by atoms with Crippen molar-refractivity contribution < 1.29 is 0 Å². The minimum atomic E-state index is 0.465. The van der Waals surface area contributed by atoms with E-state index in [-0.39, 0.29) is 0 Å². The van der Waals surface area contributed by atoms with Crippen molar-refractivity contribution in [2.24, 2.45) is 5.92 Å². The molecule has 166 valence electrons. The third-order valence-electron chi connectivity index (χ3n) is 6.43. The zero-order valence-corrected chi connectivity index (χ0v) is 19.0. The number of aromatic nitrogens is 3. The predicted octanol–water partition coefficient (Wildman–Crippen LogP) is 5.12. The molecule has 0 amide bonds. The summed E-state index contributed by atoms with van der Waals surface area (Å²) in [4.78, 5) is 14.2. The molecule has 0 aromatic carbocycles.